The number of halogens is 1. The molecule has 1 aliphatic carbocycles. The highest BCUT2D eigenvalue weighted by Crippen LogP contribution is 2.33. The molecule has 1 fully saturated rings. The molecular weight excluding hydrogens is 112 g/mol. The molecule has 0 aromatic rings. The summed E-state index contributed by atoms with van der Waals surface area (Å²) in [6.45, 7) is 0. The van der Waals surface area contributed by atoms with E-state index in [4.69, 9.17) is 16.7 Å². The van der Waals surface area contributed by atoms with Crippen molar-refractivity contribution >= 4 is 11.6 Å². The van der Waals surface area contributed by atoms with Crippen molar-refractivity contribution in [3.63, 3.8) is 0 Å². The Bertz CT molecular complexity index is 59.1. The van der Waals surface area contributed by atoms with E-state index in [1.807, 2.05) is 0 Å². The number of hydrogen-bond acceptors (Lipinski definition) is 1. The average molecular weight is 120 g/mol. The molecule has 1 nitrogen and oxygen atoms in total. The van der Waals surface area contributed by atoms with Crippen molar-refractivity contribution in [2.24, 2.45) is 5.92 Å². The normalized spacial score (nSPS) is 24.9. The molecule has 1 rings (SSSR count). The maximum Gasteiger partial charge on any atom is 0.131 e. The smallest absolute Gasteiger partial charge is 0.131 e. The summed E-state index contributed by atoms with van der Waals surface area (Å²) in [5, 5.41) is 8.47. The van der Waals surface area contributed by atoms with E-state index in [9.17, 15) is 0 Å². The quantitative estimate of drug-likeness (QED) is 0.541. The van der Waals surface area contributed by atoms with Crippen molar-refractivity contribution in [1.29, 1.82) is 0 Å². The summed E-state index contributed by atoms with van der Waals surface area (Å²) in [6.07, 6.45) is 4.19. The zero-order valence-corrected chi connectivity index (χ0v) is 4.73. The topological polar surface area (TPSA) is 20.2 Å². The van der Waals surface area contributed by atoms with Crippen LogP contribution in [-0.2, 0) is 0 Å². The Kier molecular flexibility index (Phi) is 1.55. The number of alkyl halides is 1. The fraction of sp³-hybridized carbons (Fsp3) is 0.800. The van der Waals surface area contributed by atoms with Gasteiger partial charge in [0.2, 0.25) is 0 Å². The van der Waals surface area contributed by atoms with Crippen molar-refractivity contribution in [2.45, 2.75) is 18.4 Å². The Morgan fingerprint density at radius 3 is 2.43 bits per heavy atom. The van der Waals surface area contributed by atoms with Gasteiger partial charge in [-0.05, 0) is 18.8 Å². The van der Waals surface area contributed by atoms with E-state index in [0.29, 0.717) is 5.92 Å². The van der Waals surface area contributed by atoms with Gasteiger partial charge in [0.15, 0.2) is 0 Å². The molecule has 1 unspecified atom stereocenters. The second-order valence-corrected chi connectivity index (χ2v) is 2.35. The maximum absolute atomic E-state index is 8.47. The Labute approximate surface area is 48.3 Å². The van der Waals surface area contributed by atoms with Crippen molar-refractivity contribution in [2.75, 3.05) is 0 Å². The molecule has 2 heteroatoms. The summed E-state index contributed by atoms with van der Waals surface area (Å²) in [4.78, 5) is 0. The van der Waals surface area contributed by atoms with Crippen molar-refractivity contribution in [1.82, 2.24) is 0 Å². The third-order valence-corrected chi connectivity index (χ3v) is 1.20. The van der Waals surface area contributed by atoms with Crippen LogP contribution in [0.3, 0.4) is 0 Å². The lowest BCUT2D eigenvalue weighted by molar-refractivity contribution is 0.280. The van der Waals surface area contributed by atoms with Gasteiger partial charge in [-0.1, -0.05) is 11.6 Å². The minimum absolute atomic E-state index is 0.618. The lowest BCUT2D eigenvalue weighted by Gasteiger charge is -1.94. The van der Waals surface area contributed by atoms with Gasteiger partial charge in [0.1, 0.15) is 5.56 Å². The van der Waals surface area contributed by atoms with Crippen molar-refractivity contribution in [3.05, 3.63) is 6.42 Å². The second-order valence-electron chi connectivity index (χ2n) is 1.90. The summed E-state index contributed by atoms with van der Waals surface area (Å²) in [7, 11) is 0. The summed E-state index contributed by atoms with van der Waals surface area (Å²) < 4.78 is 0. The molecule has 0 heterocycles. The highest BCUT2D eigenvalue weighted by atomic mass is 35.5. The molecule has 1 N–H and O–H groups in total. The molecule has 0 saturated heterocycles. The van der Waals surface area contributed by atoms with Crippen LogP contribution in [0.15, 0.2) is 0 Å². The minimum atomic E-state index is -0.715. The average Bonchev–Trinajstić information content (AvgIpc) is 2.17. The Morgan fingerprint density at radius 2 is 2.29 bits per heavy atom. The van der Waals surface area contributed by atoms with Gasteiger partial charge in [-0.15, -0.1) is 0 Å². The van der Waals surface area contributed by atoms with Gasteiger partial charge in [-0.25, -0.2) is 0 Å². The maximum atomic E-state index is 8.47. The minimum Gasteiger partial charge on any atom is -0.377 e. The zero-order chi connectivity index (χ0) is 5.28. The number of rotatable bonds is 2. The molecule has 7 heavy (non-hydrogen) atoms. The fourth-order valence-electron chi connectivity index (χ4n) is 0.513. The standard InChI is InChI=1S/C5H8ClO/c6-5(7)3-4-1-2-4/h3-5,7H,1-2H2. The molecule has 1 aliphatic rings. The number of aliphatic hydroxyl groups is 1. The highest BCUT2D eigenvalue weighted by molar-refractivity contribution is 6.20. The zero-order valence-electron chi connectivity index (χ0n) is 3.97. The van der Waals surface area contributed by atoms with Crippen molar-refractivity contribution < 1.29 is 5.11 Å². The van der Waals surface area contributed by atoms with E-state index >= 15 is 0 Å². The molecule has 1 atom stereocenters. The van der Waals surface area contributed by atoms with E-state index in [0.717, 1.165) is 0 Å². The van der Waals surface area contributed by atoms with Crippen LogP contribution in [0, 0.1) is 12.3 Å². The van der Waals surface area contributed by atoms with Gasteiger partial charge in [-0.3, -0.25) is 0 Å². The van der Waals surface area contributed by atoms with Gasteiger partial charge in [-0.2, -0.15) is 0 Å². The van der Waals surface area contributed by atoms with E-state index in [-0.39, 0.29) is 0 Å². The summed E-state index contributed by atoms with van der Waals surface area (Å²) in [6, 6.07) is 0. The first-order valence-corrected chi connectivity index (χ1v) is 2.90. The molecule has 41 valence electrons. The van der Waals surface area contributed by atoms with Crippen LogP contribution in [-0.4, -0.2) is 10.7 Å². The summed E-state index contributed by atoms with van der Waals surface area (Å²) in [5.74, 6) is 0.618. The van der Waals surface area contributed by atoms with E-state index in [2.05, 4.69) is 0 Å². The van der Waals surface area contributed by atoms with E-state index in [1.165, 1.54) is 12.8 Å². The third kappa shape index (κ3) is 2.15. The van der Waals surface area contributed by atoms with E-state index < -0.39 is 5.56 Å². The Morgan fingerprint density at radius 1 is 1.71 bits per heavy atom. The van der Waals surface area contributed by atoms with Crippen LogP contribution in [0.5, 0.6) is 0 Å². The summed E-state index contributed by atoms with van der Waals surface area (Å²) >= 11 is 5.21. The SMILES string of the molecule is OC(Cl)[CH]C1CC1. The first kappa shape index (κ1) is 5.39. The van der Waals surface area contributed by atoms with Gasteiger partial charge >= 0.3 is 0 Å². The molecule has 1 radical (unpaired) electrons. The lowest BCUT2D eigenvalue weighted by atomic mass is 10.3. The number of hydrogen-bond donors (Lipinski definition) is 1. The molecule has 0 amide bonds. The molecule has 0 aliphatic heterocycles. The molecule has 0 aromatic carbocycles. The largest absolute Gasteiger partial charge is 0.377 e. The highest BCUT2D eigenvalue weighted by Gasteiger charge is 2.23. The van der Waals surface area contributed by atoms with E-state index in [1.54, 1.807) is 6.42 Å². The summed E-state index contributed by atoms with van der Waals surface area (Å²) in [5.41, 5.74) is -0.715. The molecule has 0 aromatic heterocycles. The number of aliphatic hydroxyl groups excluding tert-OH is 1. The van der Waals surface area contributed by atoms with Gasteiger partial charge in [0.05, 0.1) is 0 Å². The van der Waals surface area contributed by atoms with Gasteiger partial charge in [0.25, 0.3) is 0 Å². The van der Waals surface area contributed by atoms with Gasteiger partial charge < -0.3 is 5.11 Å². The van der Waals surface area contributed by atoms with Crippen LogP contribution in [0.4, 0.5) is 0 Å². The van der Waals surface area contributed by atoms with Crippen LogP contribution < -0.4 is 0 Å². The first-order valence-electron chi connectivity index (χ1n) is 2.46. The van der Waals surface area contributed by atoms with Crippen LogP contribution in [0.2, 0.25) is 0 Å². The monoisotopic (exact) mass is 119 g/mol. The first-order chi connectivity index (χ1) is 3.29. The predicted molar refractivity (Wildman–Crippen MR) is 28.9 cm³/mol. The predicted octanol–water partition coefficient (Wildman–Crippen LogP) is 1.16. The second kappa shape index (κ2) is 2.01. The molecular formula is C5H8ClO. The van der Waals surface area contributed by atoms with Crippen molar-refractivity contribution in [3.8, 4) is 0 Å². The van der Waals surface area contributed by atoms with Crippen LogP contribution in [0.25, 0.3) is 0 Å². The lowest BCUT2D eigenvalue weighted by Crippen LogP contribution is -1.96. The Balaban J connectivity index is 1.97. The third-order valence-electron chi connectivity index (χ3n) is 1.05. The molecule has 0 bridgehead atoms. The van der Waals surface area contributed by atoms with Crippen LogP contribution in [0.1, 0.15) is 12.8 Å². The molecule has 0 spiro atoms. The van der Waals surface area contributed by atoms with Crippen LogP contribution >= 0.6 is 11.6 Å². The Hall–Kier alpha value is 0.250. The molecule has 1 saturated carbocycles. The fourth-order valence-corrected chi connectivity index (χ4v) is 0.719. The van der Waals surface area contributed by atoms with Gasteiger partial charge in [0, 0.05) is 6.42 Å².